The van der Waals surface area contributed by atoms with E-state index in [1.165, 1.54) is 41.3 Å². The molecule has 2 aliphatic rings. The summed E-state index contributed by atoms with van der Waals surface area (Å²) < 4.78 is 0. The van der Waals surface area contributed by atoms with E-state index in [4.69, 9.17) is 5.73 Å². The molecular formula is C14H20N2OS2. The molecule has 1 aromatic heterocycles. The maximum atomic E-state index is 11.7. The number of thioether (sulfide) groups is 1. The van der Waals surface area contributed by atoms with Gasteiger partial charge >= 0.3 is 0 Å². The zero-order valence-electron chi connectivity index (χ0n) is 11.3. The fourth-order valence-corrected chi connectivity index (χ4v) is 4.80. The van der Waals surface area contributed by atoms with Crippen LogP contribution in [0.1, 0.15) is 47.3 Å². The Hall–Kier alpha value is -0.680. The smallest absolute Gasteiger partial charge is 0.171 e. The van der Waals surface area contributed by atoms with E-state index in [9.17, 15) is 4.79 Å². The van der Waals surface area contributed by atoms with Gasteiger partial charge in [0, 0.05) is 31.3 Å². The number of thiophene rings is 1. The highest BCUT2D eigenvalue weighted by atomic mass is 32.2. The van der Waals surface area contributed by atoms with Gasteiger partial charge in [-0.05, 0) is 30.9 Å². The van der Waals surface area contributed by atoms with Crippen LogP contribution in [0.4, 0.5) is 10.7 Å². The maximum Gasteiger partial charge on any atom is 0.171 e. The average Bonchev–Trinajstić information content (AvgIpc) is 3.17. The van der Waals surface area contributed by atoms with E-state index in [1.807, 2.05) is 11.8 Å². The quantitative estimate of drug-likeness (QED) is 0.869. The van der Waals surface area contributed by atoms with Gasteiger partial charge < -0.3 is 10.6 Å². The van der Waals surface area contributed by atoms with Crippen LogP contribution in [0.3, 0.4) is 0 Å². The molecule has 0 aromatic carbocycles. The van der Waals surface area contributed by atoms with Gasteiger partial charge in [-0.25, -0.2) is 0 Å². The highest BCUT2D eigenvalue weighted by Crippen LogP contribution is 2.52. The largest absolute Gasteiger partial charge is 0.397 e. The molecule has 0 radical (unpaired) electrons. The van der Waals surface area contributed by atoms with Crippen molar-refractivity contribution in [1.82, 2.24) is 0 Å². The summed E-state index contributed by atoms with van der Waals surface area (Å²) in [4.78, 5) is 15.0. The Morgan fingerprint density at radius 3 is 2.79 bits per heavy atom. The van der Waals surface area contributed by atoms with Crippen LogP contribution in [0, 0.1) is 0 Å². The second-order valence-corrected chi connectivity index (χ2v) is 7.57. The number of nitrogen functional groups attached to an aromatic ring is 1. The predicted octanol–water partition coefficient (Wildman–Crippen LogP) is 3.35. The summed E-state index contributed by atoms with van der Waals surface area (Å²) >= 11 is 3.65. The van der Waals surface area contributed by atoms with Gasteiger partial charge in [0.05, 0.1) is 15.6 Å². The van der Waals surface area contributed by atoms with Crippen molar-refractivity contribution in [2.75, 3.05) is 35.2 Å². The number of Topliss-reactive ketones (excluding diaryl/α,β-unsaturated/α-hetero) is 1. The molecule has 1 aliphatic heterocycles. The van der Waals surface area contributed by atoms with E-state index >= 15 is 0 Å². The zero-order valence-corrected chi connectivity index (χ0v) is 12.9. The van der Waals surface area contributed by atoms with Crippen LogP contribution in [-0.4, -0.2) is 30.4 Å². The molecule has 0 unspecified atom stereocenters. The molecule has 0 amide bonds. The highest BCUT2D eigenvalue weighted by molar-refractivity contribution is 7.99. The average molecular weight is 296 g/mol. The lowest BCUT2D eigenvalue weighted by Crippen LogP contribution is -2.25. The molecular weight excluding hydrogens is 276 g/mol. The number of hydrogen-bond donors (Lipinski definition) is 1. The second kappa shape index (κ2) is 5.37. The summed E-state index contributed by atoms with van der Waals surface area (Å²) in [6, 6.07) is 0. The van der Waals surface area contributed by atoms with Gasteiger partial charge in [-0.2, -0.15) is 11.8 Å². The highest BCUT2D eigenvalue weighted by Gasteiger charge is 2.34. The standard InChI is InChI=1S/C14H20N2OS2/c1-9(17)13-12(15)11(10-3-4-10)14(19-13)16-5-2-7-18-8-6-16/h10H,2-8,15H2,1H3. The van der Waals surface area contributed by atoms with Crippen molar-refractivity contribution in [3.63, 3.8) is 0 Å². The van der Waals surface area contributed by atoms with Crippen LogP contribution in [0.5, 0.6) is 0 Å². The molecule has 2 heterocycles. The molecule has 1 saturated carbocycles. The number of hydrogen-bond acceptors (Lipinski definition) is 5. The van der Waals surface area contributed by atoms with Crippen molar-refractivity contribution in [2.45, 2.75) is 32.1 Å². The fraction of sp³-hybridized carbons (Fsp3) is 0.643. The first-order valence-electron chi connectivity index (χ1n) is 6.94. The van der Waals surface area contributed by atoms with Gasteiger partial charge in [-0.15, -0.1) is 11.3 Å². The van der Waals surface area contributed by atoms with Crippen LogP contribution in [0.15, 0.2) is 0 Å². The normalized spacial score (nSPS) is 20.4. The van der Waals surface area contributed by atoms with E-state index in [1.54, 1.807) is 18.3 Å². The summed E-state index contributed by atoms with van der Waals surface area (Å²) in [6.45, 7) is 3.81. The molecule has 0 spiro atoms. The van der Waals surface area contributed by atoms with Gasteiger partial charge in [0.2, 0.25) is 0 Å². The van der Waals surface area contributed by atoms with Crippen molar-refractivity contribution in [1.29, 1.82) is 0 Å². The summed E-state index contributed by atoms with van der Waals surface area (Å²) in [5.41, 5.74) is 8.30. The van der Waals surface area contributed by atoms with E-state index in [0.29, 0.717) is 5.92 Å². The molecule has 0 atom stereocenters. The summed E-state index contributed by atoms with van der Waals surface area (Å²) in [6.07, 6.45) is 3.68. The molecule has 2 fully saturated rings. The number of nitrogens with zero attached hydrogens (tertiary/aromatic N) is 1. The molecule has 104 valence electrons. The van der Waals surface area contributed by atoms with Gasteiger partial charge in [0.1, 0.15) is 0 Å². The topological polar surface area (TPSA) is 46.3 Å². The van der Waals surface area contributed by atoms with Crippen LogP contribution in [-0.2, 0) is 0 Å². The molecule has 2 N–H and O–H groups in total. The Morgan fingerprint density at radius 1 is 1.32 bits per heavy atom. The minimum absolute atomic E-state index is 0.111. The number of anilines is 2. The third-order valence-electron chi connectivity index (χ3n) is 3.78. The Balaban J connectivity index is 1.98. The van der Waals surface area contributed by atoms with Crippen LogP contribution < -0.4 is 10.6 Å². The number of carbonyl (C=O) groups is 1. The van der Waals surface area contributed by atoms with Crippen molar-refractivity contribution in [3.8, 4) is 0 Å². The van der Waals surface area contributed by atoms with Crippen molar-refractivity contribution < 1.29 is 4.79 Å². The van der Waals surface area contributed by atoms with Gasteiger partial charge in [0.15, 0.2) is 5.78 Å². The maximum absolute atomic E-state index is 11.7. The van der Waals surface area contributed by atoms with Crippen LogP contribution >= 0.6 is 23.1 Å². The number of ketones is 1. The Morgan fingerprint density at radius 2 is 2.11 bits per heavy atom. The molecule has 0 bridgehead atoms. The summed E-state index contributed by atoms with van der Waals surface area (Å²) in [5, 5.41) is 1.28. The lowest BCUT2D eigenvalue weighted by Gasteiger charge is -2.22. The molecule has 5 heteroatoms. The minimum atomic E-state index is 0.111. The first kappa shape index (κ1) is 13.3. The third kappa shape index (κ3) is 2.63. The number of rotatable bonds is 3. The van der Waals surface area contributed by atoms with E-state index in [-0.39, 0.29) is 5.78 Å². The third-order valence-corrected chi connectivity index (χ3v) is 6.21. The Bertz CT molecular complexity index is 486. The van der Waals surface area contributed by atoms with Crippen molar-refractivity contribution >= 4 is 39.6 Å². The Kier molecular flexibility index (Phi) is 3.76. The minimum Gasteiger partial charge on any atom is -0.397 e. The van der Waals surface area contributed by atoms with Crippen molar-refractivity contribution in [2.24, 2.45) is 0 Å². The van der Waals surface area contributed by atoms with Gasteiger partial charge in [-0.1, -0.05) is 0 Å². The van der Waals surface area contributed by atoms with Gasteiger partial charge in [0.25, 0.3) is 0 Å². The van der Waals surface area contributed by atoms with E-state index in [0.717, 1.165) is 23.7 Å². The number of carbonyl (C=O) groups excluding carboxylic acids is 1. The van der Waals surface area contributed by atoms with Crippen LogP contribution in [0.25, 0.3) is 0 Å². The van der Waals surface area contributed by atoms with Crippen molar-refractivity contribution in [3.05, 3.63) is 10.4 Å². The molecule has 1 aromatic rings. The molecule has 1 saturated heterocycles. The molecule has 3 rings (SSSR count). The first-order valence-corrected chi connectivity index (χ1v) is 8.91. The monoisotopic (exact) mass is 296 g/mol. The van der Waals surface area contributed by atoms with Gasteiger partial charge in [-0.3, -0.25) is 4.79 Å². The number of nitrogens with two attached hydrogens (primary N) is 1. The lowest BCUT2D eigenvalue weighted by atomic mass is 10.1. The van der Waals surface area contributed by atoms with E-state index < -0.39 is 0 Å². The van der Waals surface area contributed by atoms with Crippen LogP contribution in [0.2, 0.25) is 0 Å². The second-order valence-electron chi connectivity index (χ2n) is 5.35. The molecule has 19 heavy (non-hydrogen) atoms. The molecule has 1 aliphatic carbocycles. The van der Waals surface area contributed by atoms with E-state index in [2.05, 4.69) is 4.90 Å². The lowest BCUT2D eigenvalue weighted by molar-refractivity contribution is 0.102. The summed E-state index contributed by atoms with van der Waals surface area (Å²) in [5.74, 6) is 3.14. The predicted molar refractivity (Wildman–Crippen MR) is 84.9 cm³/mol. The fourth-order valence-electron chi connectivity index (χ4n) is 2.66. The SMILES string of the molecule is CC(=O)c1sc(N2CCCSCC2)c(C2CC2)c1N. The molecule has 3 nitrogen and oxygen atoms in total. The zero-order chi connectivity index (χ0) is 13.4. The Labute approximate surface area is 122 Å². The summed E-state index contributed by atoms with van der Waals surface area (Å²) in [7, 11) is 0. The first-order chi connectivity index (χ1) is 9.18.